The van der Waals surface area contributed by atoms with E-state index in [0.29, 0.717) is 6.54 Å². The van der Waals surface area contributed by atoms with Gasteiger partial charge < -0.3 is 10.6 Å². The molecule has 0 radical (unpaired) electrons. The summed E-state index contributed by atoms with van der Waals surface area (Å²) in [5, 5.41) is 2.11. The second-order valence-electron chi connectivity index (χ2n) is 4.21. The monoisotopic (exact) mass is 250 g/mol. The number of rotatable bonds is 6. The lowest BCUT2D eigenvalue weighted by atomic mass is 10.2. The molecule has 0 unspecified atom stereocenters. The molecule has 17 heavy (non-hydrogen) atoms. The van der Waals surface area contributed by atoms with Crippen molar-refractivity contribution in [2.75, 3.05) is 20.1 Å². The number of nitrogens with two attached hydrogens (primary N) is 1. The molecule has 0 aliphatic heterocycles. The Morgan fingerprint density at radius 3 is 2.94 bits per heavy atom. The maximum Gasteiger partial charge on any atom is 0.0555 e. The van der Waals surface area contributed by atoms with Crippen molar-refractivity contribution in [3.05, 3.63) is 21.9 Å². The van der Waals surface area contributed by atoms with Gasteiger partial charge in [-0.2, -0.15) is 0 Å². The zero-order valence-electron chi connectivity index (χ0n) is 10.8. The Hall–Kier alpha value is -0.820. The first-order valence-corrected chi connectivity index (χ1v) is 7.09. The van der Waals surface area contributed by atoms with E-state index in [0.717, 1.165) is 18.7 Å². The summed E-state index contributed by atoms with van der Waals surface area (Å²) in [4.78, 5) is 3.72. The Bertz CT molecular complexity index is 373. The average Bonchev–Trinajstić information content (AvgIpc) is 2.74. The van der Waals surface area contributed by atoms with Crippen molar-refractivity contribution in [3.63, 3.8) is 0 Å². The van der Waals surface area contributed by atoms with Crippen LogP contribution in [-0.4, -0.2) is 25.0 Å². The van der Waals surface area contributed by atoms with E-state index in [9.17, 15) is 0 Å². The van der Waals surface area contributed by atoms with Crippen molar-refractivity contribution in [2.45, 2.75) is 32.7 Å². The molecule has 0 amide bonds. The lowest BCUT2D eigenvalue weighted by Crippen LogP contribution is -2.18. The van der Waals surface area contributed by atoms with Gasteiger partial charge in [-0.25, -0.2) is 0 Å². The minimum atomic E-state index is 0.432. The van der Waals surface area contributed by atoms with Crippen molar-refractivity contribution in [1.82, 2.24) is 4.90 Å². The smallest absolute Gasteiger partial charge is 0.0555 e. The molecule has 3 heteroatoms. The zero-order chi connectivity index (χ0) is 12.5. The fourth-order valence-electron chi connectivity index (χ4n) is 1.68. The van der Waals surface area contributed by atoms with Crippen LogP contribution in [0.3, 0.4) is 0 Å². The van der Waals surface area contributed by atoms with Crippen LogP contribution < -0.4 is 5.73 Å². The SMILES string of the molecule is CCCCCN(C)Cc1sccc1C#CCN. The molecule has 0 saturated carbocycles. The highest BCUT2D eigenvalue weighted by atomic mass is 32.1. The first-order chi connectivity index (χ1) is 8.27. The fraction of sp³-hybridized carbons (Fsp3) is 0.571. The molecular formula is C14H22N2S. The number of unbranched alkanes of at least 4 members (excludes halogenated alkanes) is 2. The summed E-state index contributed by atoms with van der Waals surface area (Å²) in [6.45, 7) is 4.83. The molecule has 1 aromatic rings. The van der Waals surface area contributed by atoms with Crippen LogP contribution in [0.5, 0.6) is 0 Å². The van der Waals surface area contributed by atoms with Crippen LogP contribution in [0.4, 0.5) is 0 Å². The van der Waals surface area contributed by atoms with Crippen molar-refractivity contribution < 1.29 is 0 Å². The summed E-state index contributed by atoms with van der Waals surface area (Å²) >= 11 is 1.78. The minimum absolute atomic E-state index is 0.432. The predicted molar refractivity (Wildman–Crippen MR) is 76.1 cm³/mol. The Morgan fingerprint density at radius 1 is 1.41 bits per heavy atom. The summed E-state index contributed by atoms with van der Waals surface area (Å²) in [7, 11) is 2.18. The van der Waals surface area contributed by atoms with Crippen molar-refractivity contribution in [3.8, 4) is 11.8 Å². The highest BCUT2D eigenvalue weighted by molar-refractivity contribution is 7.10. The standard InChI is InChI=1S/C14H22N2S/c1-3-4-5-10-16(2)12-14-13(7-6-9-15)8-11-17-14/h8,11H,3-5,9-10,12,15H2,1-2H3. The van der Waals surface area contributed by atoms with E-state index in [2.05, 4.69) is 42.2 Å². The van der Waals surface area contributed by atoms with Crippen LogP contribution in [0.25, 0.3) is 0 Å². The van der Waals surface area contributed by atoms with Gasteiger partial charge in [-0.3, -0.25) is 0 Å². The molecule has 0 aliphatic carbocycles. The Labute approximate surface area is 109 Å². The lowest BCUT2D eigenvalue weighted by Gasteiger charge is -2.15. The molecule has 94 valence electrons. The van der Waals surface area contributed by atoms with Crippen LogP contribution in [-0.2, 0) is 6.54 Å². The largest absolute Gasteiger partial charge is 0.320 e. The summed E-state index contributed by atoms with van der Waals surface area (Å²) in [6, 6.07) is 2.09. The maximum absolute atomic E-state index is 5.40. The number of thiophene rings is 1. The molecule has 0 saturated heterocycles. The summed E-state index contributed by atoms with van der Waals surface area (Å²) in [5.74, 6) is 6.06. The van der Waals surface area contributed by atoms with Gasteiger partial charge in [0.1, 0.15) is 0 Å². The second-order valence-corrected chi connectivity index (χ2v) is 5.21. The average molecular weight is 250 g/mol. The van der Waals surface area contributed by atoms with Gasteiger partial charge in [0.2, 0.25) is 0 Å². The Morgan fingerprint density at radius 2 is 2.24 bits per heavy atom. The normalized spacial score (nSPS) is 10.4. The quantitative estimate of drug-likeness (QED) is 0.621. The molecule has 0 aliphatic rings. The van der Waals surface area contributed by atoms with Crippen LogP contribution in [0.2, 0.25) is 0 Å². The molecule has 1 aromatic heterocycles. The van der Waals surface area contributed by atoms with E-state index >= 15 is 0 Å². The van der Waals surface area contributed by atoms with Gasteiger partial charge in [0.25, 0.3) is 0 Å². The highest BCUT2D eigenvalue weighted by Gasteiger charge is 2.05. The van der Waals surface area contributed by atoms with Gasteiger partial charge in [0, 0.05) is 17.0 Å². The van der Waals surface area contributed by atoms with Crippen LogP contribution in [0, 0.1) is 11.8 Å². The molecule has 0 bridgehead atoms. The number of nitrogens with zero attached hydrogens (tertiary/aromatic N) is 1. The summed E-state index contributed by atoms with van der Waals surface area (Å²) < 4.78 is 0. The molecule has 0 aromatic carbocycles. The van der Waals surface area contributed by atoms with E-state index in [1.165, 1.54) is 24.1 Å². The van der Waals surface area contributed by atoms with E-state index in [1.807, 2.05) is 0 Å². The van der Waals surface area contributed by atoms with Gasteiger partial charge in [0.15, 0.2) is 0 Å². The van der Waals surface area contributed by atoms with Crippen molar-refractivity contribution >= 4 is 11.3 Å². The lowest BCUT2D eigenvalue weighted by molar-refractivity contribution is 0.320. The molecule has 1 rings (SSSR count). The first-order valence-electron chi connectivity index (χ1n) is 6.21. The predicted octanol–water partition coefficient (Wildman–Crippen LogP) is 2.68. The van der Waals surface area contributed by atoms with Gasteiger partial charge in [0.05, 0.1) is 6.54 Å². The summed E-state index contributed by atoms with van der Waals surface area (Å²) in [6.07, 6.45) is 3.87. The number of hydrogen-bond donors (Lipinski definition) is 1. The van der Waals surface area contributed by atoms with Crippen LogP contribution in [0.1, 0.15) is 36.6 Å². The number of hydrogen-bond acceptors (Lipinski definition) is 3. The molecular weight excluding hydrogens is 228 g/mol. The fourth-order valence-corrected chi connectivity index (χ4v) is 2.59. The Balaban J connectivity index is 2.47. The van der Waals surface area contributed by atoms with Gasteiger partial charge in [-0.05, 0) is 31.5 Å². The third kappa shape index (κ3) is 5.36. The van der Waals surface area contributed by atoms with Crippen molar-refractivity contribution in [1.29, 1.82) is 0 Å². The molecule has 0 atom stereocenters. The van der Waals surface area contributed by atoms with E-state index < -0.39 is 0 Å². The maximum atomic E-state index is 5.40. The van der Waals surface area contributed by atoms with Crippen LogP contribution in [0.15, 0.2) is 11.4 Å². The van der Waals surface area contributed by atoms with Gasteiger partial charge >= 0.3 is 0 Å². The third-order valence-electron chi connectivity index (χ3n) is 2.63. The summed E-state index contributed by atoms with van der Waals surface area (Å²) in [5.41, 5.74) is 6.54. The zero-order valence-corrected chi connectivity index (χ0v) is 11.6. The van der Waals surface area contributed by atoms with E-state index in [4.69, 9.17) is 5.73 Å². The van der Waals surface area contributed by atoms with Gasteiger partial charge in [-0.1, -0.05) is 31.6 Å². The van der Waals surface area contributed by atoms with E-state index in [1.54, 1.807) is 11.3 Å². The molecule has 0 fully saturated rings. The van der Waals surface area contributed by atoms with Crippen LogP contribution >= 0.6 is 11.3 Å². The molecule has 1 heterocycles. The second kappa shape index (κ2) is 8.30. The molecule has 0 spiro atoms. The van der Waals surface area contributed by atoms with Crippen molar-refractivity contribution in [2.24, 2.45) is 5.73 Å². The third-order valence-corrected chi connectivity index (χ3v) is 3.53. The molecule has 2 nitrogen and oxygen atoms in total. The highest BCUT2D eigenvalue weighted by Crippen LogP contribution is 2.17. The topological polar surface area (TPSA) is 29.3 Å². The minimum Gasteiger partial charge on any atom is -0.320 e. The molecule has 2 N–H and O–H groups in total. The van der Waals surface area contributed by atoms with Gasteiger partial charge in [-0.15, -0.1) is 11.3 Å². The first kappa shape index (κ1) is 14.2. The Kier molecular flexibility index (Phi) is 6.95. The van der Waals surface area contributed by atoms with E-state index in [-0.39, 0.29) is 0 Å².